The largest absolute Gasteiger partial charge is 0.450 e. The minimum atomic E-state index is -0.929. The number of primary amides is 1. The van der Waals surface area contributed by atoms with Crippen LogP contribution >= 0.6 is 11.8 Å². The Balaban J connectivity index is 1.28. The van der Waals surface area contributed by atoms with Crippen LogP contribution in [0.15, 0.2) is 72.9 Å². The molecular formula is C43H54F2N6O9S. The van der Waals surface area contributed by atoms with Crippen LogP contribution in [-0.4, -0.2) is 121 Å². The zero-order valence-corrected chi connectivity index (χ0v) is 35.5. The molecule has 0 saturated heterocycles. The Kier molecular flexibility index (Phi) is 18.9. The van der Waals surface area contributed by atoms with E-state index in [0.29, 0.717) is 23.6 Å². The number of thioether (sulfide) groups is 1. The smallest absolute Gasteiger partial charge is 0.404 e. The average molecular weight is 869 g/mol. The summed E-state index contributed by atoms with van der Waals surface area (Å²) in [6.07, 6.45) is 3.50. The highest BCUT2D eigenvalue weighted by molar-refractivity contribution is 7.99. The molecule has 0 spiro atoms. The van der Waals surface area contributed by atoms with Gasteiger partial charge in [0.15, 0.2) is 0 Å². The second-order valence-corrected chi connectivity index (χ2v) is 16.2. The Bertz CT molecular complexity index is 1990. The first-order valence-electron chi connectivity index (χ1n) is 19.8. The Labute approximate surface area is 358 Å². The Hall–Kier alpha value is -5.59. The summed E-state index contributed by atoms with van der Waals surface area (Å²) in [6.45, 7) is 7.58. The van der Waals surface area contributed by atoms with Gasteiger partial charge in [0.25, 0.3) is 11.8 Å². The minimum Gasteiger partial charge on any atom is -0.450 e. The molecule has 2 heterocycles. The third-order valence-corrected chi connectivity index (χ3v) is 10.2. The highest BCUT2D eigenvalue weighted by atomic mass is 32.2. The number of hydrogen-bond donors (Lipinski definition) is 3. The van der Waals surface area contributed by atoms with E-state index in [0.717, 1.165) is 40.8 Å². The van der Waals surface area contributed by atoms with Gasteiger partial charge in [-0.2, -0.15) is 11.8 Å². The molecule has 4 rings (SSSR count). The van der Waals surface area contributed by atoms with E-state index in [4.69, 9.17) is 19.9 Å². The standard InChI is InChI=1S/C43H54F2N6O9S/c1-43(2,3)41(35-24-31(33-25-32(44)10-11-34(33)45)27-49(35)26-30-8-5-4-6-9-30)50(17-7-18-60-42(46)57)40(56)29-61-23-14-36(52)47-15-19-58-21-22-59-20-16-48-37(53)28-51-38(54)12-13-39(51)55/h4-6,8-13,24-25,27,41H,7,14-23,26,28-29H2,1-3H3,(H2,46,57)(H,47,52)(H,48,53). The summed E-state index contributed by atoms with van der Waals surface area (Å²) in [4.78, 5) is 75.6. The molecule has 3 aromatic rings. The lowest BCUT2D eigenvalue weighted by Gasteiger charge is -2.41. The van der Waals surface area contributed by atoms with Gasteiger partial charge in [-0.25, -0.2) is 13.6 Å². The summed E-state index contributed by atoms with van der Waals surface area (Å²) in [5.41, 5.74) is 6.83. The van der Waals surface area contributed by atoms with Crippen LogP contribution in [0.4, 0.5) is 13.6 Å². The molecule has 1 aliphatic heterocycles. The quantitative estimate of drug-likeness (QED) is 0.0822. The number of benzene rings is 2. The number of nitrogens with two attached hydrogens (primary N) is 1. The molecule has 6 amide bonds. The van der Waals surface area contributed by atoms with Gasteiger partial charge in [-0.1, -0.05) is 51.1 Å². The Morgan fingerprint density at radius 2 is 1.52 bits per heavy atom. The number of rotatable bonds is 25. The number of amides is 6. The molecule has 1 aliphatic rings. The van der Waals surface area contributed by atoms with E-state index >= 15 is 4.39 Å². The van der Waals surface area contributed by atoms with Crippen molar-refractivity contribution in [2.45, 2.75) is 46.2 Å². The number of aromatic nitrogens is 1. The van der Waals surface area contributed by atoms with Crippen molar-refractivity contribution >= 4 is 47.4 Å². The number of imide groups is 1. The molecule has 0 aliphatic carbocycles. The number of ether oxygens (including phenoxy) is 3. The second-order valence-electron chi connectivity index (χ2n) is 15.1. The number of nitrogens with one attached hydrogen (secondary N) is 2. The topological polar surface area (TPSA) is 192 Å². The van der Waals surface area contributed by atoms with Gasteiger partial charge in [-0.3, -0.25) is 28.9 Å². The van der Waals surface area contributed by atoms with Crippen LogP contribution in [0, 0.1) is 17.0 Å². The molecular weight excluding hydrogens is 815 g/mol. The monoisotopic (exact) mass is 868 g/mol. The Morgan fingerprint density at radius 3 is 2.16 bits per heavy atom. The molecule has 1 atom stereocenters. The molecule has 330 valence electrons. The summed E-state index contributed by atoms with van der Waals surface area (Å²) in [5, 5.41) is 5.35. The number of carbonyl (C=O) groups is 6. The van der Waals surface area contributed by atoms with E-state index in [1.165, 1.54) is 11.8 Å². The number of halogens is 2. The van der Waals surface area contributed by atoms with Gasteiger partial charge in [0.2, 0.25) is 17.7 Å². The van der Waals surface area contributed by atoms with Gasteiger partial charge in [-0.05, 0) is 41.7 Å². The first-order chi connectivity index (χ1) is 29.1. The minimum absolute atomic E-state index is 0.0163. The van der Waals surface area contributed by atoms with E-state index in [2.05, 4.69) is 10.6 Å². The summed E-state index contributed by atoms with van der Waals surface area (Å²) in [7, 11) is 0. The highest BCUT2D eigenvalue weighted by Gasteiger charge is 2.37. The van der Waals surface area contributed by atoms with Crippen molar-refractivity contribution < 1.29 is 51.8 Å². The van der Waals surface area contributed by atoms with Crippen molar-refractivity contribution in [3.63, 3.8) is 0 Å². The maximum atomic E-state index is 15.1. The Morgan fingerprint density at radius 1 is 0.869 bits per heavy atom. The third kappa shape index (κ3) is 15.8. The fourth-order valence-electron chi connectivity index (χ4n) is 6.55. The predicted octanol–water partition coefficient (Wildman–Crippen LogP) is 4.20. The van der Waals surface area contributed by atoms with Crippen LogP contribution in [0.1, 0.15) is 50.9 Å². The van der Waals surface area contributed by atoms with Crippen LogP contribution in [0.5, 0.6) is 0 Å². The molecule has 2 aromatic carbocycles. The molecule has 0 saturated carbocycles. The molecule has 61 heavy (non-hydrogen) atoms. The maximum absolute atomic E-state index is 15.1. The van der Waals surface area contributed by atoms with Gasteiger partial charge < -0.3 is 40.0 Å². The van der Waals surface area contributed by atoms with E-state index < -0.39 is 46.9 Å². The van der Waals surface area contributed by atoms with E-state index in [1.54, 1.807) is 17.2 Å². The molecule has 18 heteroatoms. The van der Waals surface area contributed by atoms with Crippen LogP contribution < -0.4 is 16.4 Å². The number of nitrogens with zero attached hydrogens (tertiary/aromatic N) is 3. The van der Waals surface area contributed by atoms with Gasteiger partial charge in [0, 0.05) is 73.5 Å². The maximum Gasteiger partial charge on any atom is 0.404 e. The second kappa shape index (κ2) is 24.0. The number of carbonyl (C=O) groups excluding carboxylic acids is 6. The van der Waals surface area contributed by atoms with Crippen molar-refractivity contribution in [3.8, 4) is 11.1 Å². The summed E-state index contributed by atoms with van der Waals surface area (Å²) < 4.78 is 47.3. The molecule has 0 fully saturated rings. The SMILES string of the molecule is CC(C)(C)C(c1cc(-c2cc(F)ccc2F)cn1Cc1ccccc1)N(CCCOC(N)=O)C(=O)CSCCC(=O)NCCOCCOCCNC(=O)CN1C(=O)C=CC1=O. The van der Waals surface area contributed by atoms with Crippen LogP contribution in [0.3, 0.4) is 0 Å². The average Bonchev–Trinajstić information content (AvgIpc) is 3.76. The predicted molar refractivity (Wildman–Crippen MR) is 225 cm³/mol. The van der Waals surface area contributed by atoms with Gasteiger partial charge in [0.05, 0.1) is 44.8 Å². The molecule has 15 nitrogen and oxygen atoms in total. The first kappa shape index (κ1) is 48.1. The van der Waals surface area contributed by atoms with Gasteiger partial charge >= 0.3 is 6.09 Å². The lowest BCUT2D eigenvalue weighted by molar-refractivity contribution is -0.141. The van der Waals surface area contributed by atoms with Crippen molar-refractivity contribution in [1.29, 1.82) is 0 Å². The highest BCUT2D eigenvalue weighted by Crippen LogP contribution is 2.41. The zero-order chi connectivity index (χ0) is 44.4. The van der Waals surface area contributed by atoms with Crippen molar-refractivity contribution in [3.05, 3.63) is 95.8 Å². The first-order valence-corrected chi connectivity index (χ1v) is 21.0. The van der Waals surface area contributed by atoms with Crippen LogP contribution in [-0.2, 0) is 44.7 Å². The van der Waals surface area contributed by atoms with E-state index in [1.807, 2.05) is 55.7 Å². The fraction of sp³-hybridized carbons (Fsp3) is 0.442. The molecule has 1 aromatic heterocycles. The van der Waals surface area contributed by atoms with Crippen LogP contribution in [0.25, 0.3) is 11.1 Å². The summed E-state index contributed by atoms with van der Waals surface area (Å²) in [6, 6.07) is 14.2. The molecule has 4 N–H and O–H groups in total. The lowest BCUT2D eigenvalue weighted by atomic mass is 9.83. The van der Waals surface area contributed by atoms with Crippen molar-refractivity contribution in [1.82, 2.24) is 25.0 Å². The molecule has 0 radical (unpaired) electrons. The molecule has 0 bridgehead atoms. The number of hydrogen-bond acceptors (Lipinski definition) is 10. The van der Waals surface area contributed by atoms with Crippen LogP contribution in [0.2, 0.25) is 0 Å². The fourth-order valence-corrected chi connectivity index (χ4v) is 7.36. The molecule has 1 unspecified atom stereocenters. The summed E-state index contributed by atoms with van der Waals surface area (Å²) >= 11 is 1.30. The van der Waals surface area contributed by atoms with Gasteiger partial charge in [-0.15, -0.1) is 0 Å². The third-order valence-electron chi connectivity index (χ3n) is 9.30. The normalized spacial score (nSPS) is 13.0. The van der Waals surface area contributed by atoms with Gasteiger partial charge in [0.1, 0.15) is 18.2 Å². The van der Waals surface area contributed by atoms with E-state index in [9.17, 15) is 33.2 Å². The summed E-state index contributed by atoms with van der Waals surface area (Å²) in [5.74, 6) is -2.75. The van der Waals surface area contributed by atoms with Crippen molar-refractivity contribution in [2.75, 3.05) is 70.7 Å². The van der Waals surface area contributed by atoms with E-state index in [-0.39, 0.29) is 95.2 Å². The zero-order valence-electron chi connectivity index (χ0n) is 34.7. The lowest BCUT2D eigenvalue weighted by Crippen LogP contribution is -2.44. The van der Waals surface area contributed by atoms with Crippen molar-refractivity contribution in [2.24, 2.45) is 11.1 Å².